The van der Waals surface area contributed by atoms with Gasteiger partial charge in [-0.3, -0.25) is 0 Å². The van der Waals surface area contributed by atoms with E-state index in [2.05, 4.69) is 16.9 Å². The van der Waals surface area contributed by atoms with Crippen LogP contribution in [0.2, 0.25) is 0 Å². The van der Waals surface area contributed by atoms with Crippen LogP contribution >= 0.6 is 11.6 Å². The molecule has 0 saturated carbocycles. The van der Waals surface area contributed by atoms with E-state index in [0.717, 1.165) is 6.42 Å². The molecular weight excluding hydrogens is 258 g/mol. The first-order valence-corrected chi connectivity index (χ1v) is 7.92. The number of benzene rings is 1. The molecule has 1 aliphatic rings. The van der Waals surface area contributed by atoms with Crippen molar-refractivity contribution in [3.05, 3.63) is 35.4 Å². The molecule has 0 radical (unpaired) electrons. The highest BCUT2D eigenvalue weighted by Crippen LogP contribution is 2.34. The highest BCUT2D eigenvalue weighted by molar-refractivity contribution is 7.89. The third-order valence-electron chi connectivity index (χ3n) is 3.06. The van der Waals surface area contributed by atoms with E-state index in [1.54, 1.807) is 0 Å². The molecule has 0 fully saturated rings. The Bertz CT molecular complexity index is 487. The van der Waals surface area contributed by atoms with E-state index in [9.17, 15) is 8.42 Å². The van der Waals surface area contributed by atoms with Crippen LogP contribution in [0, 0.1) is 0 Å². The maximum absolute atomic E-state index is 11.6. The SMILES string of the molecule is O=S(=O)(CCCCl)NCC1Cc2ccccc21. The average molecular weight is 274 g/mol. The predicted molar refractivity (Wildman–Crippen MR) is 70.0 cm³/mol. The minimum absolute atomic E-state index is 0.116. The Morgan fingerprint density at radius 1 is 1.35 bits per heavy atom. The summed E-state index contributed by atoms with van der Waals surface area (Å²) in [6, 6.07) is 8.16. The lowest BCUT2D eigenvalue weighted by atomic mass is 9.78. The molecule has 17 heavy (non-hydrogen) atoms. The van der Waals surface area contributed by atoms with Crippen molar-refractivity contribution in [2.24, 2.45) is 0 Å². The van der Waals surface area contributed by atoms with Crippen molar-refractivity contribution in [3.8, 4) is 0 Å². The quantitative estimate of drug-likeness (QED) is 0.805. The van der Waals surface area contributed by atoms with Crippen molar-refractivity contribution < 1.29 is 8.42 Å². The summed E-state index contributed by atoms with van der Waals surface area (Å²) in [5, 5.41) is 0. The van der Waals surface area contributed by atoms with Gasteiger partial charge >= 0.3 is 0 Å². The molecule has 1 unspecified atom stereocenters. The zero-order valence-corrected chi connectivity index (χ0v) is 11.1. The van der Waals surface area contributed by atoms with Crippen LogP contribution < -0.4 is 4.72 Å². The molecule has 3 nitrogen and oxygen atoms in total. The minimum Gasteiger partial charge on any atom is -0.215 e. The highest BCUT2D eigenvalue weighted by Gasteiger charge is 2.26. The third-order valence-corrected chi connectivity index (χ3v) is 4.76. The second-order valence-corrected chi connectivity index (χ2v) is 6.61. The number of alkyl halides is 1. The molecule has 5 heteroatoms. The second kappa shape index (κ2) is 5.38. The first kappa shape index (κ1) is 12.9. The highest BCUT2D eigenvalue weighted by atomic mass is 35.5. The maximum atomic E-state index is 11.6. The van der Waals surface area contributed by atoms with E-state index in [1.807, 2.05) is 12.1 Å². The van der Waals surface area contributed by atoms with Gasteiger partial charge in [0.1, 0.15) is 0 Å². The van der Waals surface area contributed by atoms with Crippen molar-refractivity contribution >= 4 is 21.6 Å². The number of sulfonamides is 1. The second-order valence-electron chi connectivity index (χ2n) is 4.31. The number of nitrogens with one attached hydrogen (secondary N) is 1. The molecule has 0 spiro atoms. The van der Waals surface area contributed by atoms with E-state index in [1.165, 1.54) is 11.1 Å². The van der Waals surface area contributed by atoms with Crippen LogP contribution in [-0.2, 0) is 16.4 Å². The van der Waals surface area contributed by atoms with E-state index in [0.29, 0.717) is 24.8 Å². The Labute approximate surface area is 107 Å². The number of rotatable bonds is 6. The number of fused-ring (bicyclic) bond motifs is 1. The molecule has 1 atom stereocenters. The van der Waals surface area contributed by atoms with Crippen molar-refractivity contribution in [3.63, 3.8) is 0 Å². The summed E-state index contributed by atoms with van der Waals surface area (Å²) in [7, 11) is -3.15. The van der Waals surface area contributed by atoms with Gasteiger partial charge < -0.3 is 0 Å². The first-order chi connectivity index (χ1) is 8.12. The van der Waals surface area contributed by atoms with Crippen LogP contribution in [0.4, 0.5) is 0 Å². The molecule has 0 amide bonds. The van der Waals surface area contributed by atoms with E-state index >= 15 is 0 Å². The summed E-state index contributed by atoms with van der Waals surface area (Å²) in [5.41, 5.74) is 2.60. The third kappa shape index (κ3) is 3.21. The molecule has 1 aromatic rings. The molecule has 1 N–H and O–H groups in total. The summed E-state index contributed by atoms with van der Waals surface area (Å²) in [5.74, 6) is 0.829. The summed E-state index contributed by atoms with van der Waals surface area (Å²) in [4.78, 5) is 0. The molecule has 1 aromatic carbocycles. The van der Waals surface area contributed by atoms with Gasteiger partial charge in [-0.05, 0) is 24.0 Å². The molecule has 94 valence electrons. The van der Waals surface area contributed by atoms with Crippen molar-refractivity contribution in [1.29, 1.82) is 0 Å². The molecular formula is C12H16ClNO2S. The van der Waals surface area contributed by atoms with Crippen molar-refractivity contribution in [2.45, 2.75) is 18.8 Å². The van der Waals surface area contributed by atoms with Gasteiger partial charge in [-0.1, -0.05) is 24.3 Å². The van der Waals surface area contributed by atoms with Crippen LogP contribution in [0.15, 0.2) is 24.3 Å². The van der Waals surface area contributed by atoms with E-state index < -0.39 is 10.0 Å². The fourth-order valence-electron chi connectivity index (χ4n) is 2.09. The Kier molecular flexibility index (Phi) is 4.07. The van der Waals surface area contributed by atoms with Gasteiger partial charge in [-0.25, -0.2) is 13.1 Å². The Morgan fingerprint density at radius 2 is 2.12 bits per heavy atom. The number of halogens is 1. The van der Waals surface area contributed by atoms with Gasteiger partial charge in [-0.2, -0.15) is 0 Å². The van der Waals surface area contributed by atoms with Crippen molar-refractivity contribution in [2.75, 3.05) is 18.2 Å². The Hall–Kier alpha value is -0.580. The lowest BCUT2D eigenvalue weighted by Crippen LogP contribution is -2.34. The Morgan fingerprint density at radius 3 is 2.82 bits per heavy atom. The first-order valence-electron chi connectivity index (χ1n) is 5.73. The zero-order valence-electron chi connectivity index (χ0n) is 9.52. The van der Waals surface area contributed by atoms with Crippen LogP contribution in [-0.4, -0.2) is 26.6 Å². The molecule has 0 aliphatic heterocycles. The topological polar surface area (TPSA) is 46.2 Å². The van der Waals surface area contributed by atoms with Crippen molar-refractivity contribution in [1.82, 2.24) is 4.72 Å². The predicted octanol–water partition coefficient (Wildman–Crippen LogP) is 1.87. The minimum atomic E-state index is -3.15. The normalized spacial score (nSPS) is 18.5. The largest absolute Gasteiger partial charge is 0.215 e. The smallest absolute Gasteiger partial charge is 0.211 e. The summed E-state index contributed by atoms with van der Waals surface area (Å²) in [6.45, 7) is 0.502. The summed E-state index contributed by atoms with van der Waals surface area (Å²) >= 11 is 5.48. The lowest BCUT2D eigenvalue weighted by molar-refractivity contribution is 0.551. The number of hydrogen-bond donors (Lipinski definition) is 1. The molecule has 0 aromatic heterocycles. The van der Waals surface area contributed by atoms with Crippen LogP contribution in [0.25, 0.3) is 0 Å². The lowest BCUT2D eigenvalue weighted by Gasteiger charge is -2.30. The molecule has 0 bridgehead atoms. The summed E-state index contributed by atoms with van der Waals surface area (Å²) in [6.07, 6.45) is 1.46. The van der Waals surface area contributed by atoms with E-state index in [-0.39, 0.29) is 5.75 Å². The maximum Gasteiger partial charge on any atom is 0.211 e. The van der Waals surface area contributed by atoms with Crippen LogP contribution in [0.5, 0.6) is 0 Å². The fourth-order valence-corrected chi connectivity index (χ4v) is 3.51. The standard InChI is InChI=1S/C12H16ClNO2S/c13-6-3-7-17(15,16)14-9-11-8-10-4-1-2-5-12(10)11/h1-2,4-5,11,14H,3,6-9H2. The van der Waals surface area contributed by atoms with Gasteiger partial charge in [0.2, 0.25) is 10.0 Å². The molecule has 2 rings (SSSR count). The average Bonchev–Trinajstić information content (AvgIpc) is 2.28. The fraction of sp³-hybridized carbons (Fsp3) is 0.500. The molecule has 1 aliphatic carbocycles. The zero-order chi connectivity index (χ0) is 12.3. The number of hydrogen-bond acceptors (Lipinski definition) is 2. The molecule has 0 saturated heterocycles. The van der Waals surface area contributed by atoms with Gasteiger partial charge in [-0.15, -0.1) is 11.6 Å². The summed E-state index contributed by atoms with van der Waals surface area (Å²) < 4.78 is 25.8. The van der Waals surface area contributed by atoms with Gasteiger partial charge in [0, 0.05) is 18.3 Å². The van der Waals surface area contributed by atoms with Gasteiger partial charge in [0.25, 0.3) is 0 Å². The van der Waals surface area contributed by atoms with E-state index in [4.69, 9.17) is 11.6 Å². The molecule has 0 heterocycles. The van der Waals surface area contributed by atoms with Gasteiger partial charge in [0.05, 0.1) is 5.75 Å². The van der Waals surface area contributed by atoms with Crippen LogP contribution in [0.1, 0.15) is 23.5 Å². The monoisotopic (exact) mass is 273 g/mol. The van der Waals surface area contributed by atoms with Crippen LogP contribution in [0.3, 0.4) is 0 Å². The van der Waals surface area contributed by atoms with Gasteiger partial charge in [0.15, 0.2) is 0 Å². The Balaban J connectivity index is 1.85.